The Balaban J connectivity index is 1.83. The third kappa shape index (κ3) is 3.41. The van der Waals surface area contributed by atoms with Crippen molar-refractivity contribution in [1.29, 1.82) is 0 Å². The number of halogens is 6. The SMILES string of the molecule is Cc1c(C(N)=O)ccc(C2=NOC(c3cn(C)nc3C(F)(F)F)(C(F)(F)F)C2)c1C1CC1. The highest BCUT2D eigenvalue weighted by Crippen LogP contribution is 2.53. The Labute approximate surface area is 178 Å². The average molecular weight is 460 g/mol. The molecule has 4 rings (SSSR count). The van der Waals surface area contributed by atoms with Gasteiger partial charge in [0.15, 0.2) is 5.69 Å². The molecule has 12 heteroatoms. The molecule has 1 aliphatic heterocycles. The highest BCUT2D eigenvalue weighted by molar-refractivity contribution is 6.05. The molecule has 0 spiro atoms. The van der Waals surface area contributed by atoms with Crippen LogP contribution < -0.4 is 5.73 Å². The number of nitrogens with two attached hydrogens (primary N) is 1. The predicted molar refractivity (Wildman–Crippen MR) is 99.9 cm³/mol. The molecule has 2 heterocycles. The van der Waals surface area contributed by atoms with Crippen molar-refractivity contribution in [2.45, 2.75) is 50.1 Å². The first-order valence-corrected chi connectivity index (χ1v) is 9.63. The second-order valence-electron chi connectivity index (χ2n) is 8.03. The number of primary amides is 1. The maximum absolute atomic E-state index is 14.2. The van der Waals surface area contributed by atoms with Crippen molar-refractivity contribution in [3.8, 4) is 0 Å². The fraction of sp³-hybridized carbons (Fsp3) is 0.450. The summed E-state index contributed by atoms with van der Waals surface area (Å²) in [6.07, 6.45) is -9.15. The van der Waals surface area contributed by atoms with Crippen molar-refractivity contribution in [1.82, 2.24) is 9.78 Å². The first kappa shape index (κ1) is 22.2. The Kier molecular flexibility index (Phi) is 4.83. The van der Waals surface area contributed by atoms with Gasteiger partial charge in [0, 0.05) is 24.4 Å². The van der Waals surface area contributed by atoms with Gasteiger partial charge in [-0.05, 0) is 42.9 Å². The number of aryl methyl sites for hydroxylation is 1. The highest BCUT2D eigenvalue weighted by atomic mass is 19.4. The Morgan fingerprint density at radius 1 is 1.22 bits per heavy atom. The van der Waals surface area contributed by atoms with E-state index in [2.05, 4.69) is 10.3 Å². The molecule has 0 saturated heterocycles. The van der Waals surface area contributed by atoms with Gasteiger partial charge >= 0.3 is 12.4 Å². The summed E-state index contributed by atoms with van der Waals surface area (Å²) in [6.45, 7) is 1.63. The van der Waals surface area contributed by atoms with Crippen LogP contribution in [0.3, 0.4) is 0 Å². The van der Waals surface area contributed by atoms with Crippen LogP contribution in [0.1, 0.15) is 63.5 Å². The van der Waals surface area contributed by atoms with Gasteiger partial charge in [-0.1, -0.05) is 11.2 Å². The van der Waals surface area contributed by atoms with Crippen molar-refractivity contribution < 1.29 is 36.0 Å². The van der Waals surface area contributed by atoms with Gasteiger partial charge in [-0.3, -0.25) is 9.48 Å². The van der Waals surface area contributed by atoms with Crippen LogP contribution in [0.4, 0.5) is 26.3 Å². The Morgan fingerprint density at radius 2 is 1.88 bits per heavy atom. The third-order valence-electron chi connectivity index (χ3n) is 5.80. The van der Waals surface area contributed by atoms with E-state index in [1.807, 2.05) is 0 Å². The normalized spacial score (nSPS) is 21.4. The van der Waals surface area contributed by atoms with Gasteiger partial charge in [0.2, 0.25) is 5.91 Å². The summed E-state index contributed by atoms with van der Waals surface area (Å²) < 4.78 is 83.7. The fourth-order valence-corrected chi connectivity index (χ4v) is 4.17. The standard InChI is InChI=1S/C20H18F6N4O2/c1-9-11(17(27)31)5-6-12(15(9)10-3-4-10)14-7-18(32-29-14,20(24,25)26)13-8-30(2)28-16(13)19(21,22)23/h5-6,8,10H,3-4,7H2,1-2H3,(H2,27,31). The average Bonchev–Trinajstić information content (AvgIpc) is 3.24. The minimum Gasteiger partial charge on any atom is -0.374 e. The van der Waals surface area contributed by atoms with Crippen molar-refractivity contribution in [3.05, 3.63) is 51.8 Å². The van der Waals surface area contributed by atoms with E-state index in [0.717, 1.165) is 19.9 Å². The zero-order valence-corrected chi connectivity index (χ0v) is 16.9. The molecule has 1 saturated carbocycles. The summed E-state index contributed by atoms with van der Waals surface area (Å²) in [6, 6.07) is 2.80. The van der Waals surface area contributed by atoms with Gasteiger partial charge in [-0.25, -0.2) is 0 Å². The Hall–Kier alpha value is -3.05. The van der Waals surface area contributed by atoms with Crippen LogP contribution in [-0.2, 0) is 23.7 Å². The third-order valence-corrected chi connectivity index (χ3v) is 5.80. The molecule has 2 aliphatic rings. The largest absolute Gasteiger partial charge is 0.435 e. The number of nitrogens with zero attached hydrogens (tertiary/aromatic N) is 3. The topological polar surface area (TPSA) is 82.5 Å². The van der Waals surface area contributed by atoms with Crippen LogP contribution in [-0.4, -0.2) is 27.6 Å². The molecule has 1 aromatic carbocycles. The molecule has 2 N–H and O–H groups in total. The summed E-state index contributed by atoms with van der Waals surface area (Å²) in [5, 5.41) is 6.79. The van der Waals surface area contributed by atoms with Crippen molar-refractivity contribution >= 4 is 11.6 Å². The predicted octanol–water partition coefficient (Wildman–Crippen LogP) is 4.31. The van der Waals surface area contributed by atoms with Crippen LogP contribution in [0.5, 0.6) is 0 Å². The Bertz CT molecular complexity index is 1130. The van der Waals surface area contributed by atoms with Gasteiger partial charge in [0.25, 0.3) is 5.60 Å². The molecule has 32 heavy (non-hydrogen) atoms. The zero-order valence-electron chi connectivity index (χ0n) is 16.9. The zero-order chi connectivity index (χ0) is 23.6. The summed E-state index contributed by atoms with van der Waals surface area (Å²) in [5.41, 5.74) is 0.705. The van der Waals surface area contributed by atoms with Crippen molar-refractivity contribution in [2.24, 2.45) is 17.9 Å². The van der Waals surface area contributed by atoms with E-state index in [9.17, 15) is 31.1 Å². The summed E-state index contributed by atoms with van der Waals surface area (Å²) in [4.78, 5) is 16.5. The number of carbonyl (C=O) groups is 1. The molecule has 172 valence electrons. The maximum Gasteiger partial charge on any atom is 0.435 e. The van der Waals surface area contributed by atoms with Crippen LogP contribution in [0.25, 0.3) is 0 Å². The molecule has 0 radical (unpaired) electrons. The molecule has 2 aromatic rings. The molecule has 0 bridgehead atoms. The van der Waals surface area contributed by atoms with Gasteiger partial charge in [-0.2, -0.15) is 31.4 Å². The van der Waals surface area contributed by atoms with Crippen LogP contribution >= 0.6 is 0 Å². The lowest BCUT2D eigenvalue weighted by Gasteiger charge is -2.29. The van der Waals surface area contributed by atoms with E-state index >= 15 is 0 Å². The minimum atomic E-state index is -5.22. The number of oxime groups is 1. The summed E-state index contributed by atoms with van der Waals surface area (Å²) >= 11 is 0. The fourth-order valence-electron chi connectivity index (χ4n) is 4.17. The highest BCUT2D eigenvalue weighted by Gasteiger charge is 2.65. The number of benzene rings is 1. The molecule has 6 nitrogen and oxygen atoms in total. The molecule has 1 aromatic heterocycles. The Morgan fingerprint density at radius 3 is 2.41 bits per heavy atom. The van der Waals surface area contributed by atoms with Gasteiger partial charge < -0.3 is 10.6 Å². The lowest BCUT2D eigenvalue weighted by molar-refractivity contribution is -0.277. The number of aromatic nitrogens is 2. The number of carbonyl (C=O) groups excluding carboxylic acids is 1. The quantitative estimate of drug-likeness (QED) is 0.691. The summed E-state index contributed by atoms with van der Waals surface area (Å²) in [7, 11) is 1.09. The first-order valence-electron chi connectivity index (χ1n) is 9.63. The van der Waals surface area contributed by atoms with Crippen LogP contribution in [0, 0.1) is 6.92 Å². The molecular formula is C20H18F6N4O2. The number of hydrogen-bond donors (Lipinski definition) is 1. The van der Waals surface area contributed by atoms with Crippen LogP contribution in [0.2, 0.25) is 0 Å². The molecule has 1 aliphatic carbocycles. The van der Waals surface area contributed by atoms with E-state index < -0.39 is 41.5 Å². The van der Waals surface area contributed by atoms with Crippen LogP contribution in [0.15, 0.2) is 23.5 Å². The second kappa shape index (κ2) is 6.97. The molecule has 1 atom stereocenters. The molecule has 1 fully saturated rings. The minimum absolute atomic E-state index is 0.00276. The summed E-state index contributed by atoms with van der Waals surface area (Å²) in [5.74, 6) is -0.688. The van der Waals surface area contributed by atoms with Crippen molar-refractivity contribution in [2.75, 3.05) is 0 Å². The number of alkyl halides is 6. The van der Waals surface area contributed by atoms with Crippen molar-refractivity contribution in [3.63, 3.8) is 0 Å². The smallest absolute Gasteiger partial charge is 0.374 e. The lowest BCUT2D eigenvalue weighted by Crippen LogP contribution is -2.43. The molecule has 1 amide bonds. The van der Waals surface area contributed by atoms with E-state index in [1.54, 1.807) is 6.92 Å². The van der Waals surface area contributed by atoms with E-state index in [4.69, 9.17) is 10.6 Å². The second-order valence-corrected chi connectivity index (χ2v) is 8.03. The molecule has 1 unspecified atom stereocenters. The van der Waals surface area contributed by atoms with E-state index in [1.165, 1.54) is 12.1 Å². The van der Waals surface area contributed by atoms with Gasteiger partial charge in [0.1, 0.15) is 0 Å². The number of amides is 1. The number of rotatable bonds is 4. The maximum atomic E-state index is 14.2. The van der Waals surface area contributed by atoms with E-state index in [-0.39, 0.29) is 17.2 Å². The lowest BCUT2D eigenvalue weighted by atomic mass is 9.83. The molecular weight excluding hydrogens is 442 g/mol. The first-order chi connectivity index (χ1) is 14.8. The van der Waals surface area contributed by atoms with Gasteiger partial charge in [-0.15, -0.1) is 0 Å². The van der Waals surface area contributed by atoms with E-state index in [0.29, 0.717) is 27.6 Å². The van der Waals surface area contributed by atoms with Gasteiger partial charge in [0.05, 0.1) is 17.7 Å². The number of hydrogen-bond acceptors (Lipinski definition) is 4. The monoisotopic (exact) mass is 460 g/mol.